The lowest BCUT2D eigenvalue weighted by atomic mass is 10.1. The van der Waals surface area contributed by atoms with E-state index in [1.807, 2.05) is 41.1 Å². The first-order valence-electron chi connectivity index (χ1n) is 11.9. The van der Waals surface area contributed by atoms with Gasteiger partial charge in [-0.05, 0) is 55.7 Å². The highest BCUT2D eigenvalue weighted by atomic mass is 19.4. The van der Waals surface area contributed by atoms with Gasteiger partial charge in [-0.1, -0.05) is 30.3 Å². The molecule has 0 radical (unpaired) electrons. The molecule has 2 N–H and O–H groups in total. The molecule has 36 heavy (non-hydrogen) atoms. The zero-order valence-corrected chi connectivity index (χ0v) is 19.7. The molecule has 0 saturated heterocycles. The number of anilines is 1. The summed E-state index contributed by atoms with van der Waals surface area (Å²) in [5.74, 6) is 0.375. The second kappa shape index (κ2) is 9.64. The zero-order valence-electron chi connectivity index (χ0n) is 19.7. The highest BCUT2D eigenvalue weighted by Crippen LogP contribution is 2.42. The molecule has 186 valence electrons. The van der Waals surface area contributed by atoms with E-state index in [1.54, 1.807) is 13.0 Å². The third-order valence-electron chi connectivity index (χ3n) is 6.23. The third kappa shape index (κ3) is 5.50. The van der Waals surface area contributed by atoms with Crippen LogP contribution in [0.4, 0.5) is 18.9 Å². The molecule has 2 aromatic heterocycles. The summed E-state index contributed by atoms with van der Waals surface area (Å²) >= 11 is 0. The number of benzene rings is 2. The molecule has 1 saturated carbocycles. The van der Waals surface area contributed by atoms with E-state index in [1.165, 1.54) is 30.5 Å². The van der Waals surface area contributed by atoms with Gasteiger partial charge in [-0.25, -0.2) is 4.68 Å². The van der Waals surface area contributed by atoms with E-state index in [-0.39, 0.29) is 24.1 Å². The molecule has 0 bridgehead atoms. The minimum Gasteiger partial charge on any atom is -0.375 e. The molecule has 0 spiro atoms. The average Bonchev–Trinajstić information content (AvgIpc) is 3.63. The van der Waals surface area contributed by atoms with Crippen molar-refractivity contribution < 1.29 is 18.0 Å². The van der Waals surface area contributed by atoms with Gasteiger partial charge in [0.15, 0.2) is 0 Å². The lowest BCUT2D eigenvalue weighted by Gasteiger charge is -2.15. The third-order valence-corrected chi connectivity index (χ3v) is 6.23. The quantitative estimate of drug-likeness (QED) is 0.331. The van der Waals surface area contributed by atoms with Gasteiger partial charge in [0, 0.05) is 11.3 Å². The van der Waals surface area contributed by atoms with Crippen molar-refractivity contribution >= 4 is 22.5 Å². The fraction of sp³-hybridized carbons (Fsp3) is 0.296. The van der Waals surface area contributed by atoms with E-state index < -0.39 is 12.7 Å². The van der Waals surface area contributed by atoms with Crippen molar-refractivity contribution in [3.05, 3.63) is 83.8 Å². The highest BCUT2D eigenvalue weighted by Gasteiger charge is 2.29. The van der Waals surface area contributed by atoms with Gasteiger partial charge in [-0.2, -0.15) is 18.3 Å². The maximum Gasteiger partial charge on any atom is 0.405 e. The highest BCUT2D eigenvalue weighted by molar-refractivity contribution is 5.84. The monoisotopic (exact) mass is 493 g/mol. The Kier molecular flexibility index (Phi) is 6.38. The van der Waals surface area contributed by atoms with Gasteiger partial charge in [0.2, 0.25) is 5.91 Å². The van der Waals surface area contributed by atoms with E-state index in [4.69, 9.17) is 5.10 Å². The smallest absolute Gasteiger partial charge is 0.375 e. The Morgan fingerprint density at radius 2 is 1.83 bits per heavy atom. The van der Waals surface area contributed by atoms with Gasteiger partial charge in [0.1, 0.15) is 6.54 Å². The van der Waals surface area contributed by atoms with Gasteiger partial charge < -0.3 is 10.6 Å². The Hall–Kier alpha value is -3.88. The average molecular weight is 494 g/mol. The molecule has 4 aromatic rings. The van der Waals surface area contributed by atoms with E-state index in [0.29, 0.717) is 11.6 Å². The molecule has 1 aliphatic carbocycles. The lowest BCUT2D eigenvalue weighted by Crippen LogP contribution is -2.28. The van der Waals surface area contributed by atoms with Crippen LogP contribution in [0.15, 0.2) is 66.9 Å². The van der Waals surface area contributed by atoms with Crippen molar-refractivity contribution in [3.63, 3.8) is 0 Å². The number of amides is 1. The summed E-state index contributed by atoms with van der Waals surface area (Å²) in [7, 11) is 0. The molecule has 2 aromatic carbocycles. The minimum atomic E-state index is -4.30. The molecule has 1 atom stereocenters. The largest absolute Gasteiger partial charge is 0.405 e. The van der Waals surface area contributed by atoms with E-state index >= 15 is 0 Å². The van der Waals surface area contributed by atoms with E-state index in [0.717, 1.165) is 22.5 Å². The number of carbonyl (C=O) groups excluding carboxylic acids is 1. The predicted octanol–water partition coefficient (Wildman–Crippen LogP) is 5.69. The number of hydrogen-bond donors (Lipinski definition) is 2. The fourth-order valence-corrected chi connectivity index (χ4v) is 4.22. The number of hydrogen-bond acceptors (Lipinski definition) is 4. The molecule has 5 rings (SSSR count). The molecule has 0 aliphatic heterocycles. The number of pyridine rings is 1. The van der Waals surface area contributed by atoms with Crippen LogP contribution in [0, 0.1) is 0 Å². The predicted molar refractivity (Wildman–Crippen MR) is 132 cm³/mol. The minimum absolute atomic E-state index is 0.170. The topological polar surface area (TPSA) is 71.8 Å². The van der Waals surface area contributed by atoms with Crippen LogP contribution < -0.4 is 10.6 Å². The molecule has 1 aliphatic rings. The van der Waals surface area contributed by atoms with Gasteiger partial charge >= 0.3 is 6.18 Å². The molecule has 0 unspecified atom stereocenters. The van der Waals surface area contributed by atoms with Crippen LogP contribution in [-0.4, -0.2) is 33.4 Å². The van der Waals surface area contributed by atoms with Crippen molar-refractivity contribution in [1.29, 1.82) is 0 Å². The summed E-state index contributed by atoms with van der Waals surface area (Å²) in [5, 5.41) is 11.2. The Labute approximate surface area is 206 Å². The van der Waals surface area contributed by atoms with Gasteiger partial charge in [0.25, 0.3) is 0 Å². The van der Waals surface area contributed by atoms with Crippen molar-refractivity contribution in [1.82, 2.24) is 20.1 Å². The molecule has 1 fully saturated rings. The molecule has 6 nitrogen and oxygen atoms in total. The number of nitrogens with zero attached hydrogens (tertiary/aromatic N) is 3. The maximum absolute atomic E-state index is 12.6. The summed E-state index contributed by atoms with van der Waals surface area (Å²) in [5.41, 5.74) is 4.87. The number of alkyl halides is 3. The number of para-hydroxylation sites is 1. The summed E-state index contributed by atoms with van der Waals surface area (Å²) in [6.45, 7) is 0.657. The fourth-order valence-electron chi connectivity index (χ4n) is 4.22. The van der Waals surface area contributed by atoms with E-state index in [9.17, 15) is 18.0 Å². The second-order valence-corrected chi connectivity index (χ2v) is 9.16. The first kappa shape index (κ1) is 23.8. The standard InChI is InChI=1S/C27H26F3N5O/c1-17(23-13-10-20(15-31-23)32-16-27(28,29)30)33-25(36)14-18-6-11-21(12-7-18)35-24-5-3-2-4-22(24)26(34-35)19-8-9-19/h2-7,10-13,15,17,19,32H,8-9,14,16H2,1H3,(H,33,36)/t17-/m1/s1. The van der Waals surface area contributed by atoms with Crippen molar-refractivity contribution in [2.75, 3.05) is 11.9 Å². The van der Waals surface area contributed by atoms with E-state index in [2.05, 4.69) is 27.8 Å². The molecule has 9 heteroatoms. The number of nitrogens with one attached hydrogen (secondary N) is 2. The number of aromatic nitrogens is 3. The SMILES string of the molecule is C[C@@H](NC(=O)Cc1ccc(-n2nc(C3CC3)c3ccccc32)cc1)c1ccc(NCC(F)(F)F)cn1. The van der Waals surface area contributed by atoms with Gasteiger partial charge in [0.05, 0.1) is 46.9 Å². The number of carbonyl (C=O) groups is 1. The molecular formula is C27H26F3N5O. The van der Waals surface area contributed by atoms with Gasteiger partial charge in [-0.15, -0.1) is 0 Å². The normalized spacial score (nSPS) is 14.6. The molecule has 1 amide bonds. The van der Waals surface area contributed by atoms with Crippen molar-refractivity contribution in [2.45, 2.75) is 44.3 Å². The first-order valence-corrected chi connectivity index (χ1v) is 11.9. The number of halogens is 3. The van der Waals surface area contributed by atoms with Crippen LogP contribution in [0.5, 0.6) is 0 Å². The number of fused-ring (bicyclic) bond motifs is 1. The summed E-state index contributed by atoms with van der Waals surface area (Å²) < 4.78 is 39.0. The Morgan fingerprint density at radius 1 is 1.08 bits per heavy atom. The van der Waals surface area contributed by atoms with Crippen LogP contribution in [0.25, 0.3) is 16.6 Å². The summed E-state index contributed by atoms with van der Waals surface area (Å²) in [6, 6.07) is 18.8. The Morgan fingerprint density at radius 3 is 2.50 bits per heavy atom. The summed E-state index contributed by atoms with van der Waals surface area (Å²) in [6.07, 6.45) is -0.410. The van der Waals surface area contributed by atoms with Crippen LogP contribution in [0.2, 0.25) is 0 Å². The van der Waals surface area contributed by atoms with Crippen LogP contribution in [0.1, 0.15) is 48.7 Å². The van der Waals surface area contributed by atoms with Crippen LogP contribution in [0.3, 0.4) is 0 Å². The first-order chi connectivity index (χ1) is 17.3. The van der Waals surface area contributed by atoms with Gasteiger partial charge in [-0.3, -0.25) is 9.78 Å². The van der Waals surface area contributed by atoms with Crippen LogP contribution >= 0.6 is 0 Å². The Bertz CT molecular complexity index is 1360. The molecular weight excluding hydrogens is 467 g/mol. The molecule has 2 heterocycles. The maximum atomic E-state index is 12.6. The second-order valence-electron chi connectivity index (χ2n) is 9.16. The van der Waals surface area contributed by atoms with Crippen molar-refractivity contribution in [2.24, 2.45) is 0 Å². The van der Waals surface area contributed by atoms with Crippen molar-refractivity contribution in [3.8, 4) is 5.69 Å². The Balaban J connectivity index is 1.20. The lowest BCUT2D eigenvalue weighted by molar-refractivity contribution is -0.121. The summed E-state index contributed by atoms with van der Waals surface area (Å²) in [4.78, 5) is 16.8. The zero-order chi connectivity index (χ0) is 25.3. The number of rotatable bonds is 8. The van der Waals surface area contributed by atoms with Crippen LogP contribution in [-0.2, 0) is 11.2 Å².